The summed E-state index contributed by atoms with van der Waals surface area (Å²) in [6.45, 7) is 13.0. The Morgan fingerprint density at radius 3 is 2.53 bits per heavy atom. The fraction of sp³-hybridized carbons (Fsp3) is 0.704. The Hall–Kier alpha value is -2.12. The standard InChI is InChI=1S/C27H44N2O5/c1-6-7-14-28-26(32)29(19-27(3,4)5)15-16-33-22-12-9-13-23(17-22)34-18-21-11-8-10-20(2)24(21)25(30)31/h8,10-11,22-23H,6-7,9,12-19H2,1-5H3,(H,28,32)(H,30,31). The molecule has 1 aliphatic rings. The third-order valence-corrected chi connectivity index (χ3v) is 6.10. The Morgan fingerprint density at radius 2 is 1.88 bits per heavy atom. The lowest BCUT2D eigenvalue weighted by molar-refractivity contribution is -0.0529. The molecule has 1 fully saturated rings. The van der Waals surface area contributed by atoms with Crippen LogP contribution in [-0.2, 0) is 16.1 Å². The summed E-state index contributed by atoms with van der Waals surface area (Å²) in [6.07, 6.45) is 5.89. The van der Waals surface area contributed by atoms with Gasteiger partial charge >= 0.3 is 12.0 Å². The van der Waals surface area contributed by atoms with Crippen LogP contribution in [0.1, 0.15) is 87.7 Å². The Morgan fingerprint density at radius 1 is 1.18 bits per heavy atom. The molecule has 192 valence electrons. The third kappa shape index (κ3) is 9.63. The van der Waals surface area contributed by atoms with Crippen molar-refractivity contribution in [2.75, 3.05) is 26.2 Å². The number of ether oxygens (including phenoxy) is 2. The lowest BCUT2D eigenvalue weighted by Gasteiger charge is -2.32. The average molecular weight is 477 g/mol. The van der Waals surface area contributed by atoms with Crippen molar-refractivity contribution in [3.8, 4) is 0 Å². The maximum Gasteiger partial charge on any atom is 0.336 e. The Balaban J connectivity index is 1.84. The van der Waals surface area contributed by atoms with Gasteiger partial charge in [0.1, 0.15) is 0 Å². The molecule has 2 rings (SSSR count). The van der Waals surface area contributed by atoms with E-state index in [4.69, 9.17) is 9.47 Å². The topological polar surface area (TPSA) is 88.1 Å². The first-order valence-corrected chi connectivity index (χ1v) is 12.7. The second kappa shape index (κ2) is 13.7. The first-order chi connectivity index (χ1) is 16.1. The predicted octanol–water partition coefficient (Wildman–Crippen LogP) is 5.40. The van der Waals surface area contributed by atoms with Crippen LogP contribution >= 0.6 is 0 Å². The summed E-state index contributed by atoms with van der Waals surface area (Å²) < 4.78 is 12.3. The van der Waals surface area contributed by atoms with Crippen molar-refractivity contribution in [3.63, 3.8) is 0 Å². The molecule has 0 aliphatic heterocycles. The Kier molecular flexibility index (Phi) is 11.3. The van der Waals surface area contributed by atoms with Crippen LogP contribution in [0, 0.1) is 12.3 Å². The molecule has 1 aliphatic carbocycles. The number of hydrogen-bond acceptors (Lipinski definition) is 4. The zero-order chi connectivity index (χ0) is 25.1. The summed E-state index contributed by atoms with van der Waals surface area (Å²) in [5.74, 6) is -0.917. The number of nitrogens with zero attached hydrogens (tertiary/aromatic N) is 1. The number of carbonyl (C=O) groups is 2. The number of nitrogens with one attached hydrogen (secondary N) is 1. The van der Waals surface area contributed by atoms with E-state index in [9.17, 15) is 14.7 Å². The highest BCUT2D eigenvalue weighted by Gasteiger charge is 2.25. The van der Waals surface area contributed by atoms with Crippen LogP contribution in [0.15, 0.2) is 18.2 Å². The highest BCUT2D eigenvalue weighted by molar-refractivity contribution is 5.91. The van der Waals surface area contributed by atoms with Gasteiger partial charge in [0.05, 0.1) is 31.0 Å². The summed E-state index contributed by atoms with van der Waals surface area (Å²) in [6, 6.07) is 5.48. The molecular weight excluding hydrogens is 432 g/mol. The van der Waals surface area contributed by atoms with Crippen LogP contribution < -0.4 is 5.32 Å². The van der Waals surface area contributed by atoms with E-state index in [1.807, 2.05) is 30.0 Å². The number of hydrogen-bond donors (Lipinski definition) is 2. The minimum absolute atomic E-state index is 0.0104. The number of aryl methyl sites for hydroxylation is 1. The molecule has 1 saturated carbocycles. The van der Waals surface area contributed by atoms with E-state index >= 15 is 0 Å². The molecule has 2 N–H and O–H groups in total. The number of carboxylic acid groups (broad SMARTS) is 1. The van der Waals surface area contributed by atoms with Gasteiger partial charge in [-0.25, -0.2) is 9.59 Å². The molecule has 7 nitrogen and oxygen atoms in total. The van der Waals surface area contributed by atoms with Crippen molar-refractivity contribution in [1.82, 2.24) is 10.2 Å². The molecule has 34 heavy (non-hydrogen) atoms. The van der Waals surface area contributed by atoms with Crippen molar-refractivity contribution in [2.45, 2.75) is 92.0 Å². The molecule has 1 aromatic carbocycles. The SMILES string of the molecule is CCCCNC(=O)N(CCOC1CCCC(OCc2cccc(C)c2C(=O)O)C1)CC(C)(C)C. The van der Waals surface area contributed by atoms with Crippen molar-refractivity contribution in [1.29, 1.82) is 0 Å². The highest BCUT2D eigenvalue weighted by Crippen LogP contribution is 2.25. The Bertz CT molecular complexity index is 790. The van der Waals surface area contributed by atoms with Crippen LogP contribution in [0.2, 0.25) is 0 Å². The van der Waals surface area contributed by atoms with Gasteiger partial charge in [-0.1, -0.05) is 52.3 Å². The smallest absolute Gasteiger partial charge is 0.336 e. The van der Waals surface area contributed by atoms with E-state index in [0.717, 1.165) is 44.1 Å². The summed E-state index contributed by atoms with van der Waals surface area (Å²) in [5, 5.41) is 12.5. The normalized spacial score (nSPS) is 18.5. The number of unbranched alkanes of at least 4 members (excludes halogenated alkanes) is 1. The zero-order valence-electron chi connectivity index (χ0n) is 21.7. The second-order valence-corrected chi connectivity index (χ2v) is 10.6. The number of urea groups is 1. The number of aromatic carboxylic acids is 1. The summed E-state index contributed by atoms with van der Waals surface area (Å²) >= 11 is 0. The molecule has 2 amide bonds. The largest absolute Gasteiger partial charge is 0.478 e. The van der Waals surface area contributed by atoms with Crippen molar-refractivity contribution in [3.05, 3.63) is 34.9 Å². The van der Waals surface area contributed by atoms with Gasteiger partial charge in [0, 0.05) is 19.6 Å². The molecule has 0 saturated heterocycles. The molecule has 0 heterocycles. The van der Waals surface area contributed by atoms with Crippen LogP contribution in [0.25, 0.3) is 0 Å². The third-order valence-electron chi connectivity index (χ3n) is 6.10. The van der Waals surface area contributed by atoms with E-state index in [-0.39, 0.29) is 30.3 Å². The first kappa shape index (κ1) is 28.1. The van der Waals surface area contributed by atoms with Crippen LogP contribution in [0.3, 0.4) is 0 Å². The quantitative estimate of drug-likeness (QED) is 0.395. The lowest BCUT2D eigenvalue weighted by atomic mass is 9.94. The Labute approximate surface area is 205 Å². The number of carboxylic acids is 1. The number of amides is 2. The average Bonchev–Trinajstić information content (AvgIpc) is 2.76. The van der Waals surface area contributed by atoms with E-state index in [1.54, 1.807) is 0 Å². The fourth-order valence-corrected chi connectivity index (χ4v) is 4.41. The molecule has 7 heteroatoms. The van der Waals surface area contributed by atoms with Crippen LogP contribution in [0.4, 0.5) is 4.79 Å². The van der Waals surface area contributed by atoms with Crippen molar-refractivity contribution < 1.29 is 24.2 Å². The molecule has 0 spiro atoms. The van der Waals surface area contributed by atoms with Gasteiger partial charge in [0.25, 0.3) is 0 Å². The minimum atomic E-state index is -0.917. The highest BCUT2D eigenvalue weighted by atomic mass is 16.5. The zero-order valence-corrected chi connectivity index (χ0v) is 21.7. The van der Waals surface area contributed by atoms with Gasteiger partial charge in [0.15, 0.2) is 0 Å². The monoisotopic (exact) mass is 476 g/mol. The minimum Gasteiger partial charge on any atom is -0.478 e. The van der Waals surface area contributed by atoms with Gasteiger partial charge in [-0.15, -0.1) is 0 Å². The summed E-state index contributed by atoms with van der Waals surface area (Å²) in [7, 11) is 0. The van der Waals surface area contributed by atoms with Crippen molar-refractivity contribution in [2.24, 2.45) is 5.41 Å². The number of rotatable bonds is 12. The molecule has 2 atom stereocenters. The molecule has 1 aromatic rings. The molecular formula is C27H44N2O5. The van der Waals surface area contributed by atoms with Gasteiger partial charge < -0.3 is 24.8 Å². The molecule has 2 unspecified atom stereocenters. The maximum atomic E-state index is 12.6. The first-order valence-electron chi connectivity index (χ1n) is 12.7. The van der Waals surface area contributed by atoms with Gasteiger partial charge in [-0.2, -0.15) is 0 Å². The summed E-state index contributed by atoms with van der Waals surface area (Å²) in [4.78, 5) is 26.1. The van der Waals surface area contributed by atoms with E-state index in [0.29, 0.717) is 37.4 Å². The van der Waals surface area contributed by atoms with E-state index < -0.39 is 5.97 Å². The van der Waals surface area contributed by atoms with Gasteiger partial charge in [-0.05, 0) is 55.6 Å². The van der Waals surface area contributed by atoms with Crippen LogP contribution in [0.5, 0.6) is 0 Å². The van der Waals surface area contributed by atoms with Crippen molar-refractivity contribution >= 4 is 12.0 Å². The molecule has 0 bridgehead atoms. The van der Waals surface area contributed by atoms with E-state index in [1.165, 1.54) is 0 Å². The second-order valence-electron chi connectivity index (χ2n) is 10.6. The van der Waals surface area contributed by atoms with Gasteiger partial charge in [0.2, 0.25) is 0 Å². The summed E-state index contributed by atoms with van der Waals surface area (Å²) in [5.41, 5.74) is 1.80. The van der Waals surface area contributed by atoms with E-state index in [2.05, 4.69) is 33.0 Å². The predicted molar refractivity (Wildman–Crippen MR) is 134 cm³/mol. The molecule has 0 radical (unpaired) electrons. The van der Waals surface area contributed by atoms with Gasteiger partial charge in [-0.3, -0.25) is 0 Å². The maximum absolute atomic E-state index is 12.6. The fourth-order valence-electron chi connectivity index (χ4n) is 4.41. The number of carbonyl (C=O) groups excluding carboxylic acids is 1. The number of benzene rings is 1. The molecule has 0 aromatic heterocycles. The lowest BCUT2D eigenvalue weighted by Crippen LogP contribution is -2.46. The van der Waals surface area contributed by atoms with Crippen LogP contribution in [-0.4, -0.2) is 60.5 Å².